The minimum atomic E-state index is -1.00. The Balaban J connectivity index is 4.10. The summed E-state index contributed by atoms with van der Waals surface area (Å²) in [7, 11) is 7.42. The molecule has 0 N–H and O–H groups in total. The third-order valence-electron chi connectivity index (χ3n) is 6.35. The highest BCUT2D eigenvalue weighted by Crippen LogP contribution is 2.21. The van der Waals surface area contributed by atoms with Gasteiger partial charge < -0.3 is 26.6 Å². The molecule has 4 radical (unpaired) electrons. The summed E-state index contributed by atoms with van der Waals surface area (Å²) < 4.78 is 32.4. The van der Waals surface area contributed by atoms with Crippen molar-refractivity contribution in [1.29, 1.82) is 0 Å². The third-order valence-corrected chi connectivity index (χ3v) is 14.5. The Kier molecular flexibility index (Phi) is 27.2. The quantitative estimate of drug-likeness (QED) is 0.0859. The summed E-state index contributed by atoms with van der Waals surface area (Å²) in [5, 5.41) is 0. The van der Waals surface area contributed by atoms with E-state index in [0.29, 0.717) is 0 Å². The number of hydrogen-bond acceptors (Lipinski definition) is 6. The van der Waals surface area contributed by atoms with Gasteiger partial charge in [0.2, 0.25) is 0 Å². The van der Waals surface area contributed by atoms with E-state index in [-0.39, 0.29) is 8.80 Å². The predicted octanol–water partition coefficient (Wildman–Crippen LogP) is 6.51. The van der Waals surface area contributed by atoms with Gasteiger partial charge in [0.05, 0.1) is 0 Å². The van der Waals surface area contributed by atoms with Crippen molar-refractivity contribution >= 4 is 36.6 Å². The van der Waals surface area contributed by atoms with Crippen molar-refractivity contribution in [2.45, 2.75) is 113 Å². The Hall–Kier alpha value is 0.628. The zero-order valence-electron chi connectivity index (χ0n) is 23.2. The van der Waals surface area contributed by atoms with E-state index < -0.39 is 27.9 Å². The van der Waals surface area contributed by atoms with Gasteiger partial charge in [-0.25, -0.2) is 0 Å². The first kappa shape index (κ1) is 34.6. The molecule has 202 valence electrons. The second kappa shape index (κ2) is 26.7. The molecule has 0 heterocycles. The van der Waals surface area contributed by atoms with Gasteiger partial charge in [-0.2, -0.15) is 0 Å². The van der Waals surface area contributed by atoms with E-state index in [0.717, 1.165) is 18.1 Å². The summed E-state index contributed by atoms with van der Waals surface area (Å²) >= 11 is 0. The smallest absolute Gasteiger partial charge is 0.384 e. The molecular weight excluding hydrogens is 497 g/mol. The lowest BCUT2D eigenvalue weighted by molar-refractivity contribution is 0.276. The van der Waals surface area contributed by atoms with Crippen LogP contribution in [0.25, 0.3) is 0 Å². The van der Waals surface area contributed by atoms with Crippen molar-refractivity contribution in [2.75, 3.05) is 42.7 Å². The lowest BCUT2D eigenvalue weighted by Crippen LogP contribution is -2.18. The molecular formula is C24H54O6Si4. The van der Waals surface area contributed by atoms with Gasteiger partial charge in [-0.3, -0.25) is 0 Å². The van der Waals surface area contributed by atoms with Crippen LogP contribution in [0.1, 0.15) is 77.0 Å². The Morgan fingerprint density at radius 1 is 0.294 bits per heavy atom. The fourth-order valence-electron chi connectivity index (χ4n) is 4.23. The maximum Gasteiger partial charge on any atom is 0.384 e. The van der Waals surface area contributed by atoms with Gasteiger partial charge >= 0.3 is 27.9 Å². The van der Waals surface area contributed by atoms with Crippen LogP contribution in [0.2, 0.25) is 36.3 Å². The Morgan fingerprint density at radius 2 is 0.500 bits per heavy atom. The summed E-state index contributed by atoms with van der Waals surface area (Å²) in [6.45, 7) is 0. The molecule has 0 saturated heterocycles. The molecule has 6 nitrogen and oxygen atoms in total. The highest BCUT2D eigenvalue weighted by Gasteiger charge is 2.14. The van der Waals surface area contributed by atoms with Gasteiger partial charge in [-0.05, 0) is 18.1 Å². The molecule has 0 amide bonds. The lowest BCUT2D eigenvalue weighted by Gasteiger charge is -2.16. The summed E-state index contributed by atoms with van der Waals surface area (Å²) in [5.74, 6) is 0. The summed E-state index contributed by atoms with van der Waals surface area (Å²) in [4.78, 5) is 0. The maximum absolute atomic E-state index is 5.40. The molecule has 0 unspecified atom stereocenters. The van der Waals surface area contributed by atoms with Crippen LogP contribution in [0, 0.1) is 0 Å². The largest absolute Gasteiger partial charge is 0.397 e. The first-order valence-electron chi connectivity index (χ1n) is 13.3. The van der Waals surface area contributed by atoms with Gasteiger partial charge in [0.25, 0.3) is 0 Å². The highest BCUT2D eigenvalue weighted by atomic mass is 28.3. The zero-order valence-corrected chi connectivity index (χ0v) is 27.2. The van der Waals surface area contributed by atoms with Crippen LogP contribution in [0.4, 0.5) is 0 Å². The highest BCUT2D eigenvalue weighted by molar-refractivity contribution is 6.58. The molecule has 0 aliphatic heterocycles. The summed E-state index contributed by atoms with van der Waals surface area (Å²) in [6.07, 6.45) is 16.1. The van der Waals surface area contributed by atoms with E-state index in [1.165, 1.54) is 95.2 Å². The van der Waals surface area contributed by atoms with Gasteiger partial charge in [0.1, 0.15) is 0 Å². The normalized spacial score (nSPS) is 12.2. The topological polar surface area (TPSA) is 55.4 Å². The van der Waals surface area contributed by atoms with Crippen LogP contribution in [0.15, 0.2) is 0 Å². The van der Waals surface area contributed by atoms with Crippen LogP contribution in [-0.4, -0.2) is 79.3 Å². The van der Waals surface area contributed by atoms with Crippen molar-refractivity contribution in [2.24, 2.45) is 0 Å². The molecule has 34 heavy (non-hydrogen) atoms. The molecule has 0 aromatic rings. The number of unbranched alkanes of at least 4 members (excludes halogenated alkanes) is 9. The maximum atomic E-state index is 5.40. The molecule has 0 saturated carbocycles. The van der Waals surface area contributed by atoms with E-state index in [4.69, 9.17) is 26.6 Å². The Morgan fingerprint density at radius 3 is 0.706 bits per heavy atom. The average molecular weight is 551 g/mol. The standard InChI is InChI=1S/C24H54O6Si4/c1-25-32(26-2)22-16-10-7-13-19-31(20-14-8-11-17-23-33(27-3)28-4)21-15-9-12-18-24-34(29-5)30-6/h7-24H2,1-6H3. The predicted molar refractivity (Wildman–Crippen MR) is 149 cm³/mol. The van der Waals surface area contributed by atoms with Gasteiger partial charge in [-0.1, -0.05) is 95.2 Å². The van der Waals surface area contributed by atoms with Gasteiger partial charge in [0.15, 0.2) is 0 Å². The van der Waals surface area contributed by atoms with Crippen molar-refractivity contribution in [3.63, 3.8) is 0 Å². The first-order valence-corrected chi connectivity index (χ1v) is 20.0. The second-order valence-electron chi connectivity index (χ2n) is 8.83. The van der Waals surface area contributed by atoms with Crippen LogP contribution >= 0.6 is 0 Å². The summed E-state index contributed by atoms with van der Waals surface area (Å²) in [5.41, 5.74) is 0. The van der Waals surface area contributed by atoms with Gasteiger partial charge in [0, 0.05) is 51.5 Å². The van der Waals surface area contributed by atoms with Crippen molar-refractivity contribution in [3.05, 3.63) is 0 Å². The van der Waals surface area contributed by atoms with Crippen LogP contribution in [0.5, 0.6) is 0 Å². The SMILES string of the molecule is CO[Si](CCCCCC[Si](CCCCCC[Si](OC)OC)CCCCCC[Si](OC)OC)OC. The molecule has 0 aromatic heterocycles. The van der Waals surface area contributed by atoms with E-state index >= 15 is 0 Å². The van der Waals surface area contributed by atoms with Crippen LogP contribution < -0.4 is 0 Å². The summed E-state index contributed by atoms with van der Waals surface area (Å²) in [6, 6.07) is 7.83. The molecule has 0 aromatic carbocycles. The van der Waals surface area contributed by atoms with Crippen LogP contribution in [-0.2, 0) is 26.6 Å². The minimum Gasteiger partial charge on any atom is -0.397 e. The zero-order chi connectivity index (χ0) is 25.3. The molecule has 0 fully saturated rings. The van der Waals surface area contributed by atoms with E-state index in [1.54, 1.807) is 42.7 Å². The van der Waals surface area contributed by atoms with E-state index in [9.17, 15) is 0 Å². The minimum absolute atomic E-state index is 0.211. The van der Waals surface area contributed by atoms with E-state index in [2.05, 4.69) is 0 Å². The molecule has 0 rings (SSSR count). The molecule has 10 heteroatoms. The third kappa shape index (κ3) is 20.8. The lowest BCUT2D eigenvalue weighted by atomic mass is 10.2. The van der Waals surface area contributed by atoms with Gasteiger partial charge in [-0.15, -0.1) is 0 Å². The first-order chi connectivity index (χ1) is 16.6. The molecule has 0 aliphatic rings. The number of rotatable bonds is 27. The molecule has 0 atom stereocenters. The average Bonchev–Trinajstić information content (AvgIpc) is 2.87. The van der Waals surface area contributed by atoms with Crippen molar-refractivity contribution in [1.82, 2.24) is 0 Å². The molecule has 0 spiro atoms. The second-order valence-corrected chi connectivity index (χ2v) is 18.0. The molecule has 0 bridgehead atoms. The van der Waals surface area contributed by atoms with Crippen molar-refractivity contribution < 1.29 is 26.6 Å². The fourth-order valence-corrected chi connectivity index (χ4v) is 10.6. The monoisotopic (exact) mass is 550 g/mol. The van der Waals surface area contributed by atoms with Crippen molar-refractivity contribution in [3.8, 4) is 0 Å². The van der Waals surface area contributed by atoms with Crippen LogP contribution in [0.3, 0.4) is 0 Å². The number of hydrogen-bond donors (Lipinski definition) is 0. The van der Waals surface area contributed by atoms with E-state index in [1.807, 2.05) is 0 Å². The molecule has 0 aliphatic carbocycles. The Labute approximate surface area is 218 Å². The fraction of sp³-hybridized carbons (Fsp3) is 1.00. The Bertz CT molecular complexity index is 343.